The maximum Gasteiger partial charge on any atom is 0.158 e. The van der Waals surface area contributed by atoms with E-state index in [1.807, 2.05) is 48.7 Å². The van der Waals surface area contributed by atoms with E-state index in [0.717, 1.165) is 46.2 Å². The molecule has 0 aliphatic rings. The van der Waals surface area contributed by atoms with Crippen LogP contribution in [0.4, 0.5) is 0 Å². The lowest BCUT2D eigenvalue weighted by atomic mass is 10.1. The minimum absolute atomic E-state index is 0.512. The number of pyridine rings is 1. The topological polar surface area (TPSA) is 71.8 Å². The van der Waals surface area contributed by atoms with Crippen molar-refractivity contribution in [1.82, 2.24) is 24.4 Å². The molecule has 3 heterocycles. The Hall–Kier alpha value is -3.72. The highest BCUT2D eigenvalue weighted by Crippen LogP contribution is 2.32. The molecular weight excluding hydrogens is 420 g/mol. The number of fused-ring (bicyclic) bond motifs is 5. The average molecular weight is 451 g/mol. The Morgan fingerprint density at radius 3 is 2.35 bits per heavy atom. The molecule has 5 rings (SSSR count). The highest BCUT2D eigenvalue weighted by Gasteiger charge is 2.20. The largest absolute Gasteiger partial charge is 0.291 e. The zero-order valence-electron chi connectivity index (χ0n) is 19.7. The number of nitrogens with zero attached hydrogens (tertiary/aromatic N) is 6. The molecule has 5 aromatic rings. The van der Waals surface area contributed by atoms with Crippen molar-refractivity contribution >= 4 is 27.6 Å². The quantitative estimate of drug-likeness (QED) is 0.220. The number of para-hydroxylation sites is 3. The maximum absolute atomic E-state index is 10.2. The summed E-state index contributed by atoms with van der Waals surface area (Å²) in [5, 5.41) is 20.0. The molecule has 6 nitrogen and oxygen atoms in total. The van der Waals surface area contributed by atoms with Gasteiger partial charge < -0.3 is 0 Å². The predicted molar refractivity (Wildman–Crippen MR) is 136 cm³/mol. The minimum atomic E-state index is 0.512. The molecule has 0 amide bonds. The summed E-state index contributed by atoms with van der Waals surface area (Å²) in [6, 6.07) is 18.5. The van der Waals surface area contributed by atoms with Crippen LogP contribution in [-0.4, -0.2) is 24.4 Å². The number of benzene rings is 2. The fraction of sp³-hybridized carbons (Fsp3) is 0.357. The van der Waals surface area contributed by atoms with Crippen LogP contribution in [0.1, 0.15) is 69.5 Å². The normalized spacial score (nSPS) is 11.5. The van der Waals surface area contributed by atoms with E-state index in [-0.39, 0.29) is 0 Å². The summed E-state index contributed by atoms with van der Waals surface area (Å²) in [6.45, 7) is 2.25. The van der Waals surface area contributed by atoms with E-state index in [1.54, 1.807) is 4.68 Å². The summed E-state index contributed by atoms with van der Waals surface area (Å²) in [4.78, 5) is 4.80. The Morgan fingerprint density at radius 2 is 1.56 bits per heavy atom. The van der Waals surface area contributed by atoms with Gasteiger partial charge in [-0.15, -0.1) is 5.10 Å². The van der Waals surface area contributed by atoms with Crippen molar-refractivity contribution in [2.75, 3.05) is 0 Å². The summed E-state index contributed by atoms with van der Waals surface area (Å²) in [6.07, 6.45) is 13.2. The third-order valence-corrected chi connectivity index (χ3v) is 6.59. The number of hydrogen-bond donors (Lipinski definition) is 0. The smallest absolute Gasteiger partial charge is 0.158 e. The summed E-state index contributed by atoms with van der Waals surface area (Å²) in [7, 11) is 0. The maximum atomic E-state index is 10.2. The highest BCUT2D eigenvalue weighted by atomic mass is 15.4. The summed E-state index contributed by atoms with van der Waals surface area (Å²) < 4.78 is 3.84. The fourth-order valence-electron chi connectivity index (χ4n) is 4.85. The van der Waals surface area contributed by atoms with E-state index in [4.69, 9.17) is 4.98 Å². The van der Waals surface area contributed by atoms with Crippen LogP contribution < -0.4 is 0 Å². The first kappa shape index (κ1) is 22.1. The van der Waals surface area contributed by atoms with Crippen LogP contribution in [0.3, 0.4) is 0 Å². The monoisotopic (exact) mass is 450 g/mol. The van der Waals surface area contributed by atoms with Crippen LogP contribution in [0, 0.1) is 11.3 Å². The fourth-order valence-corrected chi connectivity index (χ4v) is 4.85. The zero-order valence-corrected chi connectivity index (χ0v) is 19.7. The van der Waals surface area contributed by atoms with Gasteiger partial charge in [-0.05, 0) is 31.0 Å². The molecule has 34 heavy (non-hydrogen) atoms. The second kappa shape index (κ2) is 10.0. The Labute approximate surface area is 199 Å². The van der Waals surface area contributed by atoms with Crippen molar-refractivity contribution in [3.05, 3.63) is 66.0 Å². The molecular formula is C28H30N6. The van der Waals surface area contributed by atoms with Crippen molar-refractivity contribution in [3.8, 4) is 11.8 Å². The summed E-state index contributed by atoms with van der Waals surface area (Å²) in [5.74, 6) is 0. The summed E-state index contributed by atoms with van der Waals surface area (Å²) in [5.41, 5.74) is 5.74. The Kier molecular flexibility index (Phi) is 6.53. The molecule has 0 N–H and O–H groups in total. The number of unbranched alkanes of at least 4 members (excludes halogenated alkanes) is 7. The SMILES string of the molecule is CCCCCCCCCCc1cn(-c2c(C#N)c3nc4ccccc4n3c3ccccc23)nn1. The van der Waals surface area contributed by atoms with Gasteiger partial charge >= 0.3 is 0 Å². The Bertz CT molecular complexity index is 1470. The molecule has 2 aromatic carbocycles. The second-order valence-corrected chi connectivity index (χ2v) is 8.99. The molecule has 0 aliphatic carbocycles. The van der Waals surface area contributed by atoms with Crippen LogP contribution in [0.15, 0.2) is 54.7 Å². The standard InChI is InChI=1S/C28H30N6/c1-2-3-4-5-6-7-8-9-14-21-20-33(32-31-21)27-22-15-10-12-17-25(22)34-26-18-13-11-16-24(26)30-28(34)23(27)19-29/h10-13,15-18,20H,2-9,14H2,1H3. The van der Waals surface area contributed by atoms with E-state index >= 15 is 0 Å². The summed E-state index contributed by atoms with van der Waals surface area (Å²) >= 11 is 0. The van der Waals surface area contributed by atoms with Gasteiger partial charge in [-0.2, -0.15) is 5.26 Å². The van der Waals surface area contributed by atoms with Crippen LogP contribution in [0.5, 0.6) is 0 Å². The van der Waals surface area contributed by atoms with Crippen molar-refractivity contribution in [1.29, 1.82) is 5.26 Å². The molecule has 0 saturated heterocycles. The number of aryl methyl sites for hydroxylation is 1. The third-order valence-electron chi connectivity index (χ3n) is 6.59. The minimum Gasteiger partial charge on any atom is -0.291 e. The van der Waals surface area contributed by atoms with Crippen LogP contribution >= 0.6 is 0 Å². The van der Waals surface area contributed by atoms with Crippen molar-refractivity contribution < 1.29 is 0 Å². The molecule has 0 spiro atoms. The Morgan fingerprint density at radius 1 is 0.853 bits per heavy atom. The molecule has 0 saturated carbocycles. The molecule has 0 atom stereocenters. The van der Waals surface area contributed by atoms with E-state index in [2.05, 4.69) is 33.8 Å². The first-order valence-corrected chi connectivity index (χ1v) is 12.5. The number of imidazole rings is 1. The lowest BCUT2D eigenvalue weighted by Gasteiger charge is -2.11. The Balaban J connectivity index is 1.45. The predicted octanol–water partition coefficient (Wildman–Crippen LogP) is 6.78. The van der Waals surface area contributed by atoms with E-state index in [1.165, 1.54) is 44.9 Å². The lowest BCUT2D eigenvalue weighted by Crippen LogP contribution is -2.04. The third kappa shape index (κ3) is 4.14. The van der Waals surface area contributed by atoms with Crippen molar-refractivity contribution in [2.24, 2.45) is 0 Å². The number of rotatable bonds is 10. The molecule has 0 fully saturated rings. The van der Waals surface area contributed by atoms with Gasteiger partial charge in [0.25, 0.3) is 0 Å². The van der Waals surface area contributed by atoms with Gasteiger partial charge in [0.1, 0.15) is 11.6 Å². The molecule has 6 heteroatoms. The number of nitriles is 1. The second-order valence-electron chi connectivity index (χ2n) is 8.99. The highest BCUT2D eigenvalue weighted by molar-refractivity contribution is 5.98. The van der Waals surface area contributed by atoms with E-state index in [9.17, 15) is 5.26 Å². The van der Waals surface area contributed by atoms with Crippen LogP contribution in [-0.2, 0) is 6.42 Å². The van der Waals surface area contributed by atoms with Gasteiger partial charge in [-0.25, -0.2) is 9.67 Å². The van der Waals surface area contributed by atoms with Gasteiger partial charge in [0.2, 0.25) is 0 Å². The van der Waals surface area contributed by atoms with Crippen LogP contribution in [0.25, 0.3) is 33.3 Å². The van der Waals surface area contributed by atoms with Crippen LogP contribution in [0.2, 0.25) is 0 Å². The molecule has 172 valence electrons. The van der Waals surface area contributed by atoms with Crippen molar-refractivity contribution in [2.45, 2.75) is 64.7 Å². The average Bonchev–Trinajstić information content (AvgIpc) is 3.49. The van der Waals surface area contributed by atoms with Gasteiger partial charge in [0.05, 0.1) is 34.1 Å². The molecule has 0 unspecified atom stereocenters. The molecule has 3 aromatic heterocycles. The number of hydrogen-bond acceptors (Lipinski definition) is 4. The van der Waals surface area contributed by atoms with E-state index < -0.39 is 0 Å². The van der Waals surface area contributed by atoms with Gasteiger partial charge in [-0.1, -0.05) is 87.4 Å². The molecule has 0 radical (unpaired) electrons. The number of aromatic nitrogens is 5. The van der Waals surface area contributed by atoms with Gasteiger partial charge in [0.15, 0.2) is 5.65 Å². The van der Waals surface area contributed by atoms with Gasteiger partial charge in [-0.3, -0.25) is 4.40 Å². The van der Waals surface area contributed by atoms with E-state index in [0.29, 0.717) is 11.2 Å². The first-order chi connectivity index (χ1) is 16.8. The van der Waals surface area contributed by atoms with Crippen molar-refractivity contribution in [3.63, 3.8) is 0 Å². The van der Waals surface area contributed by atoms with Gasteiger partial charge in [0, 0.05) is 5.39 Å². The zero-order chi connectivity index (χ0) is 23.3. The molecule has 0 aliphatic heterocycles. The molecule has 0 bridgehead atoms. The lowest BCUT2D eigenvalue weighted by molar-refractivity contribution is 0.574. The first-order valence-electron chi connectivity index (χ1n) is 12.5.